The molecule has 0 aromatic heterocycles. The van der Waals surface area contributed by atoms with Gasteiger partial charge in [-0.15, -0.1) is 0 Å². The van der Waals surface area contributed by atoms with Gasteiger partial charge < -0.3 is 9.47 Å². The minimum Gasteiger partial charge on any atom is -0.465 e. The Kier molecular flexibility index (Phi) is 5.85. The van der Waals surface area contributed by atoms with E-state index in [1.54, 1.807) is 0 Å². The molecule has 0 amide bonds. The van der Waals surface area contributed by atoms with E-state index in [9.17, 15) is 9.59 Å². The monoisotopic (exact) mass is 362 g/mol. The number of esters is 2. The minimum absolute atomic E-state index is 0.109. The lowest BCUT2D eigenvalue weighted by atomic mass is 9.55. The predicted octanol–water partition coefficient (Wildman–Crippen LogP) is 4.65. The zero-order valence-electron chi connectivity index (χ0n) is 16.0. The fourth-order valence-electron chi connectivity index (χ4n) is 6.29. The SMILES string of the molecule is O=C(CCCC(=O)OC1C2CC3CC(C2)CC1C3)OCC1CCCCC1. The van der Waals surface area contributed by atoms with Crippen molar-refractivity contribution >= 4 is 11.9 Å². The van der Waals surface area contributed by atoms with Gasteiger partial charge in [0.1, 0.15) is 6.10 Å². The Bertz CT molecular complexity index is 480. The second kappa shape index (κ2) is 8.31. The van der Waals surface area contributed by atoms with Gasteiger partial charge in [0.15, 0.2) is 0 Å². The number of hydrogen-bond acceptors (Lipinski definition) is 4. The molecule has 0 saturated heterocycles. The van der Waals surface area contributed by atoms with Gasteiger partial charge in [-0.3, -0.25) is 9.59 Å². The Hall–Kier alpha value is -1.06. The van der Waals surface area contributed by atoms with Crippen LogP contribution in [0.5, 0.6) is 0 Å². The Morgan fingerprint density at radius 1 is 0.769 bits per heavy atom. The molecule has 0 radical (unpaired) electrons. The molecule has 5 aliphatic carbocycles. The van der Waals surface area contributed by atoms with E-state index in [-0.39, 0.29) is 18.0 Å². The molecule has 5 aliphatic rings. The molecule has 5 rings (SSSR count). The molecule has 0 aromatic rings. The van der Waals surface area contributed by atoms with Gasteiger partial charge in [-0.25, -0.2) is 0 Å². The molecular weight excluding hydrogens is 328 g/mol. The van der Waals surface area contributed by atoms with Gasteiger partial charge in [0, 0.05) is 12.8 Å². The van der Waals surface area contributed by atoms with Crippen LogP contribution in [0, 0.1) is 29.6 Å². The first-order valence-electron chi connectivity index (χ1n) is 11.0. The highest BCUT2D eigenvalue weighted by molar-refractivity contribution is 5.72. The zero-order chi connectivity index (χ0) is 17.9. The molecule has 5 saturated carbocycles. The maximum atomic E-state index is 12.2. The second-order valence-electron chi connectivity index (χ2n) is 9.43. The first-order chi connectivity index (χ1) is 12.7. The average molecular weight is 363 g/mol. The fourth-order valence-corrected chi connectivity index (χ4v) is 6.29. The average Bonchev–Trinajstić information content (AvgIpc) is 2.63. The van der Waals surface area contributed by atoms with Crippen molar-refractivity contribution in [3.05, 3.63) is 0 Å². The van der Waals surface area contributed by atoms with Crippen LogP contribution in [-0.4, -0.2) is 24.6 Å². The van der Waals surface area contributed by atoms with Crippen LogP contribution in [0.25, 0.3) is 0 Å². The van der Waals surface area contributed by atoms with Crippen molar-refractivity contribution in [1.82, 2.24) is 0 Å². The molecule has 4 nitrogen and oxygen atoms in total. The summed E-state index contributed by atoms with van der Waals surface area (Å²) in [7, 11) is 0. The van der Waals surface area contributed by atoms with Crippen LogP contribution >= 0.6 is 0 Å². The third kappa shape index (κ3) is 4.43. The summed E-state index contributed by atoms with van der Waals surface area (Å²) >= 11 is 0. The van der Waals surface area contributed by atoms with E-state index in [1.807, 2.05) is 0 Å². The van der Waals surface area contributed by atoms with E-state index in [4.69, 9.17) is 9.47 Å². The smallest absolute Gasteiger partial charge is 0.306 e. The van der Waals surface area contributed by atoms with Gasteiger partial charge in [-0.05, 0) is 81.0 Å². The highest BCUT2D eigenvalue weighted by atomic mass is 16.5. The van der Waals surface area contributed by atoms with Crippen LogP contribution in [0.15, 0.2) is 0 Å². The lowest BCUT2D eigenvalue weighted by molar-refractivity contribution is -0.170. The van der Waals surface area contributed by atoms with Crippen LogP contribution < -0.4 is 0 Å². The summed E-state index contributed by atoms with van der Waals surface area (Å²) in [5.74, 6) is 3.29. The molecule has 0 N–H and O–H groups in total. The largest absolute Gasteiger partial charge is 0.465 e. The predicted molar refractivity (Wildman–Crippen MR) is 98.3 cm³/mol. The number of carbonyl (C=O) groups excluding carboxylic acids is 2. The molecule has 0 unspecified atom stereocenters. The molecule has 26 heavy (non-hydrogen) atoms. The Balaban J connectivity index is 1.12. The van der Waals surface area contributed by atoms with Crippen molar-refractivity contribution in [2.24, 2.45) is 29.6 Å². The number of ether oxygens (including phenoxy) is 2. The molecule has 146 valence electrons. The van der Waals surface area contributed by atoms with Crippen LogP contribution in [0.2, 0.25) is 0 Å². The quantitative estimate of drug-likeness (QED) is 0.619. The lowest BCUT2D eigenvalue weighted by Gasteiger charge is -2.53. The molecule has 0 heterocycles. The van der Waals surface area contributed by atoms with Gasteiger partial charge >= 0.3 is 11.9 Å². The van der Waals surface area contributed by atoms with Crippen LogP contribution in [0.1, 0.15) is 83.5 Å². The molecule has 5 fully saturated rings. The van der Waals surface area contributed by atoms with Crippen LogP contribution in [0.4, 0.5) is 0 Å². The summed E-state index contributed by atoms with van der Waals surface area (Å²) in [6, 6.07) is 0. The van der Waals surface area contributed by atoms with Crippen LogP contribution in [-0.2, 0) is 19.1 Å². The van der Waals surface area contributed by atoms with Crippen LogP contribution in [0.3, 0.4) is 0 Å². The highest BCUT2D eigenvalue weighted by Crippen LogP contribution is 2.54. The minimum atomic E-state index is -0.155. The number of hydrogen-bond donors (Lipinski definition) is 0. The second-order valence-corrected chi connectivity index (χ2v) is 9.43. The Morgan fingerprint density at radius 3 is 2.04 bits per heavy atom. The number of carbonyl (C=O) groups is 2. The van der Waals surface area contributed by atoms with E-state index in [0.717, 1.165) is 11.8 Å². The summed E-state index contributed by atoms with van der Waals surface area (Å²) in [5, 5.41) is 0. The van der Waals surface area contributed by atoms with E-state index in [2.05, 4.69) is 0 Å². The molecule has 4 heteroatoms. The van der Waals surface area contributed by atoms with Crippen molar-refractivity contribution in [1.29, 1.82) is 0 Å². The van der Waals surface area contributed by atoms with Crippen molar-refractivity contribution < 1.29 is 19.1 Å². The summed E-state index contributed by atoms with van der Waals surface area (Å²) in [4.78, 5) is 24.1. The topological polar surface area (TPSA) is 52.6 Å². The third-order valence-electron chi connectivity index (χ3n) is 7.37. The lowest BCUT2D eigenvalue weighted by Crippen LogP contribution is -2.50. The zero-order valence-corrected chi connectivity index (χ0v) is 16.0. The third-order valence-corrected chi connectivity index (χ3v) is 7.37. The Morgan fingerprint density at radius 2 is 1.38 bits per heavy atom. The summed E-state index contributed by atoms with van der Waals surface area (Å²) in [6.07, 6.45) is 14.1. The van der Waals surface area contributed by atoms with E-state index < -0.39 is 0 Å². The maximum Gasteiger partial charge on any atom is 0.306 e. The van der Waals surface area contributed by atoms with Crippen molar-refractivity contribution in [3.63, 3.8) is 0 Å². The van der Waals surface area contributed by atoms with Crippen molar-refractivity contribution in [2.75, 3.05) is 6.61 Å². The van der Waals surface area contributed by atoms with E-state index in [0.29, 0.717) is 43.6 Å². The van der Waals surface area contributed by atoms with Crippen molar-refractivity contribution in [3.8, 4) is 0 Å². The first-order valence-corrected chi connectivity index (χ1v) is 11.0. The van der Waals surface area contributed by atoms with Gasteiger partial charge in [0.2, 0.25) is 0 Å². The van der Waals surface area contributed by atoms with Gasteiger partial charge in [-0.1, -0.05) is 19.3 Å². The maximum absolute atomic E-state index is 12.2. The summed E-state index contributed by atoms with van der Waals surface area (Å²) in [5.41, 5.74) is 0. The molecule has 0 aromatic carbocycles. The standard InChI is InChI=1S/C22H34O4/c23-20(25-14-15-5-2-1-3-6-15)7-4-8-21(24)26-22-18-10-16-9-17(12-18)13-19(22)11-16/h15-19,22H,1-14H2. The molecule has 4 bridgehead atoms. The summed E-state index contributed by atoms with van der Waals surface area (Å²) < 4.78 is 11.3. The normalized spacial score (nSPS) is 36.1. The number of rotatable bonds is 7. The highest BCUT2D eigenvalue weighted by Gasteiger charge is 2.49. The Labute approximate surface area is 157 Å². The molecule has 0 atom stereocenters. The summed E-state index contributed by atoms with van der Waals surface area (Å²) in [6.45, 7) is 0.567. The van der Waals surface area contributed by atoms with Gasteiger partial charge in [-0.2, -0.15) is 0 Å². The fraction of sp³-hybridized carbons (Fsp3) is 0.909. The molecule has 0 spiro atoms. The van der Waals surface area contributed by atoms with Gasteiger partial charge in [0.25, 0.3) is 0 Å². The van der Waals surface area contributed by atoms with Crippen molar-refractivity contribution in [2.45, 2.75) is 89.6 Å². The van der Waals surface area contributed by atoms with E-state index in [1.165, 1.54) is 64.2 Å². The first kappa shape index (κ1) is 18.3. The van der Waals surface area contributed by atoms with Gasteiger partial charge in [0.05, 0.1) is 6.61 Å². The molecule has 0 aliphatic heterocycles. The van der Waals surface area contributed by atoms with E-state index >= 15 is 0 Å². The molecular formula is C22H34O4.